The van der Waals surface area contributed by atoms with Crippen LogP contribution in [0.15, 0.2) is 46.7 Å². The van der Waals surface area contributed by atoms with Crippen LogP contribution < -0.4 is 10.0 Å². The van der Waals surface area contributed by atoms with Crippen molar-refractivity contribution in [2.75, 3.05) is 4.72 Å². The minimum atomic E-state index is -3.47. The van der Waals surface area contributed by atoms with Gasteiger partial charge in [0.1, 0.15) is 4.21 Å². The average molecular weight is 308 g/mol. The van der Waals surface area contributed by atoms with Crippen molar-refractivity contribution in [2.24, 2.45) is 0 Å². The number of anilines is 1. The van der Waals surface area contributed by atoms with Gasteiger partial charge in [0.05, 0.1) is 0 Å². The van der Waals surface area contributed by atoms with Crippen molar-refractivity contribution in [3.63, 3.8) is 0 Å². The molecular weight excluding hydrogens is 292 g/mol. The van der Waals surface area contributed by atoms with Crippen LogP contribution in [0.3, 0.4) is 0 Å². The van der Waals surface area contributed by atoms with Crippen molar-refractivity contribution < 1.29 is 8.42 Å². The lowest BCUT2D eigenvalue weighted by Crippen LogP contribution is -2.14. The zero-order chi connectivity index (χ0) is 14.0. The first-order chi connectivity index (χ1) is 9.63. The minimum Gasteiger partial charge on any atom is -0.309 e. The molecule has 1 fully saturated rings. The topological polar surface area (TPSA) is 58.2 Å². The Bertz CT molecular complexity index is 676. The smallest absolute Gasteiger partial charge is 0.271 e. The molecule has 0 spiro atoms. The maximum Gasteiger partial charge on any atom is 0.271 e. The van der Waals surface area contributed by atoms with E-state index in [4.69, 9.17) is 0 Å². The highest BCUT2D eigenvalue weighted by Gasteiger charge is 2.21. The summed E-state index contributed by atoms with van der Waals surface area (Å²) < 4.78 is 27.4. The maximum absolute atomic E-state index is 12.2. The monoisotopic (exact) mass is 308 g/mol. The third-order valence-electron chi connectivity index (χ3n) is 3.07. The quantitative estimate of drug-likeness (QED) is 0.863. The van der Waals surface area contributed by atoms with Crippen LogP contribution in [0.25, 0.3) is 0 Å². The van der Waals surface area contributed by atoms with Gasteiger partial charge in [0.2, 0.25) is 0 Å². The summed E-state index contributed by atoms with van der Waals surface area (Å²) in [6, 6.07) is 13.1. The Morgan fingerprint density at radius 1 is 1.10 bits per heavy atom. The van der Waals surface area contributed by atoms with Crippen LogP contribution in [0.4, 0.5) is 5.69 Å². The van der Waals surface area contributed by atoms with Gasteiger partial charge in [0, 0.05) is 23.2 Å². The average Bonchev–Trinajstić information content (AvgIpc) is 3.13. The van der Waals surface area contributed by atoms with Gasteiger partial charge in [0.25, 0.3) is 10.0 Å². The van der Waals surface area contributed by atoms with Gasteiger partial charge in [0.15, 0.2) is 0 Å². The number of thiophene rings is 1. The number of nitrogens with one attached hydrogen (secondary N) is 2. The van der Waals surface area contributed by atoms with Crippen molar-refractivity contribution in [1.29, 1.82) is 0 Å². The second-order valence-electron chi connectivity index (χ2n) is 4.85. The second-order valence-corrected chi connectivity index (χ2v) is 7.93. The fraction of sp³-hybridized carbons (Fsp3) is 0.286. The van der Waals surface area contributed by atoms with Crippen LogP contribution in [0.2, 0.25) is 0 Å². The predicted octanol–water partition coefficient (Wildman–Crippen LogP) is 2.80. The summed E-state index contributed by atoms with van der Waals surface area (Å²) in [4.78, 5) is 1.05. The van der Waals surface area contributed by atoms with Crippen LogP contribution >= 0.6 is 11.3 Å². The van der Waals surface area contributed by atoms with Gasteiger partial charge in [-0.15, -0.1) is 11.3 Å². The summed E-state index contributed by atoms with van der Waals surface area (Å²) >= 11 is 1.32. The lowest BCUT2D eigenvalue weighted by atomic mass is 10.3. The van der Waals surface area contributed by atoms with Gasteiger partial charge in [-0.2, -0.15) is 0 Å². The van der Waals surface area contributed by atoms with E-state index in [9.17, 15) is 8.42 Å². The first kappa shape index (κ1) is 13.6. The fourth-order valence-electron chi connectivity index (χ4n) is 1.84. The van der Waals surface area contributed by atoms with Crippen molar-refractivity contribution in [3.8, 4) is 0 Å². The van der Waals surface area contributed by atoms with Crippen molar-refractivity contribution in [2.45, 2.75) is 29.6 Å². The van der Waals surface area contributed by atoms with E-state index in [-0.39, 0.29) is 0 Å². The molecule has 1 aliphatic carbocycles. The van der Waals surface area contributed by atoms with Crippen LogP contribution in [0.5, 0.6) is 0 Å². The molecule has 1 saturated carbocycles. The number of hydrogen-bond donors (Lipinski definition) is 2. The third kappa shape index (κ3) is 3.39. The molecule has 1 aromatic heterocycles. The SMILES string of the molecule is O=S(=O)(Nc1ccccc1)c1ccc(CNC2CC2)s1. The summed E-state index contributed by atoms with van der Waals surface area (Å²) in [7, 11) is -3.47. The minimum absolute atomic E-state index is 0.356. The fourth-order valence-corrected chi connectivity index (χ4v) is 4.21. The standard InChI is InChI=1S/C14H16N2O2S2/c17-20(18,16-12-4-2-1-3-5-12)14-9-8-13(19-14)10-15-11-6-7-11/h1-5,8-9,11,15-16H,6-7,10H2. The van der Waals surface area contributed by atoms with Gasteiger partial charge in [-0.3, -0.25) is 4.72 Å². The van der Waals surface area contributed by atoms with E-state index in [1.165, 1.54) is 24.2 Å². The number of hydrogen-bond acceptors (Lipinski definition) is 4. The Balaban J connectivity index is 1.70. The molecule has 2 aromatic rings. The molecular formula is C14H16N2O2S2. The van der Waals surface area contributed by atoms with Gasteiger partial charge >= 0.3 is 0 Å². The van der Waals surface area contributed by atoms with Crippen molar-refractivity contribution in [1.82, 2.24) is 5.32 Å². The molecule has 0 unspecified atom stereocenters. The Labute approximate surface area is 122 Å². The first-order valence-electron chi connectivity index (χ1n) is 6.53. The van der Waals surface area contributed by atoms with Crippen LogP contribution in [-0.2, 0) is 16.6 Å². The molecule has 0 saturated heterocycles. The predicted molar refractivity (Wildman–Crippen MR) is 81.4 cm³/mol. The van der Waals surface area contributed by atoms with Crippen LogP contribution in [0, 0.1) is 0 Å². The number of benzene rings is 1. The van der Waals surface area contributed by atoms with Crippen LogP contribution in [0.1, 0.15) is 17.7 Å². The van der Waals surface area contributed by atoms with E-state index in [0.29, 0.717) is 15.9 Å². The molecule has 1 aromatic carbocycles. The largest absolute Gasteiger partial charge is 0.309 e. The van der Waals surface area contributed by atoms with E-state index in [2.05, 4.69) is 10.0 Å². The highest BCUT2D eigenvalue weighted by atomic mass is 32.2. The Morgan fingerprint density at radius 2 is 1.85 bits per heavy atom. The van der Waals surface area contributed by atoms with E-state index in [1.807, 2.05) is 12.1 Å². The Kier molecular flexibility index (Phi) is 3.78. The van der Waals surface area contributed by atoms with Gasteiger partial charge in [-0.05, 0) is 37.1 Å². The lowest BCUT2D eigenvalue weighted by molar-refractivity contribution is 0.603. The van der Waals surface area contributed by atoms with E-state index < -0.39 is 10.0 Å². The summed E-state index contributed by atoms with van der Waals surface area (Å²) in [5, 5.41) is 3.38. The summed E-state index contributed by atoms with van der Waals surface area (Å²) in [5.74, 6) is 0. The zero-order valence-electron chi connectivity index (χ0n) is 10.9. The molecule has 1 heterocycles. The zero-order valence-corrected chi connectivity index (χ0v) is 12.5. The second kappa shape index (κ2) is 5.55. The van der Waals surface area contributed by atoms with Gasteiger partial charge in [-0.1, -0.05) is 18.2 Å². The summed E-state index contributed by atoms with van der Waals surface area (Å²) in [6.45, 7) is 0.746. The number of para-hydroxylation sites is 1. The van der Waals surface area contributed by atoms with Gasteiger partial charge in [-0.25, -0.2) is 8.42 Å². The van der Waals surface area contributed by atoms with Crippen molar-refractivity contribution in [3.05, 3.63) is 47.3 Å². The molecule has 0 aliphatic heterocycles. The van der Waals surface area contributed by atoms with Gasteiger partial charge < -0.3 is 5.32 Å². The van der Waals surface area contributed by atoms with E-state index >= 15 is 0 Å². The Morgan fingerprint density at radius 3 is 2.55 bits per heavy atom. The third-order valence-corrected chi connectivity index (χ3v) is 6.03. The Hall–Kier alpha value is -1.37. The molecule has 0 bridgehead atoms. The van der Waals surface area contributed by atoms with Crippen LogP contribution in [-0.4, -0.2) is 14.5 Å². The summed E-state index contributed by atoms with van der Waals surface area (Å²) in [6.07, 6.45) is 2.46. The summed E-state index contributed by atoms with van der Waals surface area (Å²) in [5.41, 5.74) is 0.582. The molecule has 4 nitrogen and oxygen atoms in total. The number of sulfonamides is 1. The first-order valence-corrected chi connectivity index (χ1v) is 8.83. The number of rotatable bonds is 6. The normalized spacial score (nSPS) is 15.2. The molecule has 0 atom stereocenters. The van der Waals surface area contributed by atoms with E-state index in [1.54, 1.807) is 30.3 Å². The maximum atomic E-state index is 12.2. The lowest BCUT2D eigenvalue weighted by Gasteiger charge is -2.05. The highest BCUT2D eigenvalue weighted by Crippen LogP contribution is 2.25. The molecule has 2 N–H and O–H groups in total. The molecule has 3 rings (SSSR count). The van der Waals surface area contributed by atoms with Crippen molar-refractivity contribution >= 4 is 27.0 Å². The van der Waals surface area contributed by atoms with E-state index in [0.717, 1.165) is 11.4 Å². The molecule has 20 heavy (non-hydrogen) atoms. The molecule has 0 radical (unpaired) electrons. The highest BCUT2D eigenvalue weighted by molar-refractivity contribution is 7.94. The molecule has 1 aliphatic rings. The molecule has 106 valence electrons. The molecule has 0 amide bonds. The molecule has 6 heteroatoms.